The molecule has 0 unspecified atom stereocenters. The number of hydrogen-bond acceptors (Lipinski definition) is 6. The summed E-state index contributed by atoms with van der Waals surface area (Å²) in [5.74, 6) is -2.65. The second kappa shape index (κ2) is 8.74. The van der Waals surface area contributed by atoms with E-state index in [4.69, 9.17) is 4.74 Å². The first-order valence-electron chi connectivity index (χ1n) is 8.64. The molecule has 0 atom stereocenters. The predicted octanol–water partition coefficient (Wildman–Crippen LogP) is 4.82. The van der Waals surface area contributed by atoms with Crippen molar-refractivity contribution in [1.82, 2.24) is 4.98 Å². The summed E-state index contributed by atoms with van der Waals surface area (Å²) in [6, 6.07) is 4.35. The van der Waals surface area contributed by atoms with E-state index in [0.717, 1.165) is 10.9 Å². The maximum Gasteiger partial charge on any atom is 0.306 e. The minimum atomic E-state index is -0.994. The number of esters is 1. The van der Waals surface area contributed by atoms with Crippen LogP contribution >= 0.6 is 22.7 Å². The highest BCUT2D eigenvalue weighted by Crippen LogP contribution is 2.31. The summed E-state index contributed by atoms with van der Waals surface area (Å²) in [5.41, 5.74) is 0.672. The van der Waals surface area contributed by atoms with Crippen molar-refractivity contribution >= 4 is 50.5 Å². The Hall–Kier alpha value is -2.39. The van der Waals surface area contributed by atoms with Crippen LogP contribution in [0.15, 0.2) is 23.6 Å². The standard InChI is InChI=1S/C19H18F2N2O3S2/c1-3-26-17(25)7-6-16(24)23(13-8-9-27-11(13)2)10-15-22-19-14(28-15)5-4-12(20)18(19)21/h4-5,8-9H,3,6-7,10H2,1-2H3. The van der Waals surface area contributed by atoms with Crippen molar-refractivity contribution in [1.29, 1.82) is 0 Å². The number of rotatable bonds is 7. The highest BCUT2D eigenvalue weighted by Gasteiger charge is 2.22. The van der Waals surface area contributed by atoms with Gasteiger partial charge in [-0.15, -0.1) is 22.7 Å². The molecule has 0 aliphatic carbocycles. The number of anilines is 1. The molecular formula is C19H18F2N2O3S2. The largest absolute Gasteiger partial charge is 0.466 e. The second-order valence-electron chi connectivity index (χ2n) is 5.96. The minimum Gasteiger partial charge on any atom is -0.466 e. The Morgan fingerprint density at radius 3 is 2.68 bits per heavy atom. The summed E-state index contributed by atoms with van der Waals surface area (Å²) in [6.45, 7) is 3.96. The first-order valence-corrected chi connectivity index (χ1v) is 10.3. The average molecular weight is 424 g/mol. The van der Waals surface area contributed by atoms with Crippen LogP contribution in [0.5, 0.6) is 0 Å². The van der Waals surface area contributed by atoms with Crippen LogP contribution in [0.1, 0.15) is 29.7 Å². The van der Waals surface area contributed by atoms with Crippen molar-refractivity contribution in [2.24, 2.45) is 0 Å². The van der Waals surface area contributed by atoms with Crippen LogP contribution in [-0.4, -0.2) is 23.5 Å². The highest BCUT2D eigenvalue weighted by molar-refractivity contribution is 7.18. The summed E-state index contributed by atoms with van der Waals surface area (Å²) in [7, 11) is 0. The van der Waals surface area contributed by atoms with Gasteiger partial charge in [-0.25, -0.2) is 13.8 Å². The quantitative estimate of drug-likeness (QED) is 0.510. The number of aryl methyl sites for hydroxylation is 1. The molecule has 9 heteroatoms. The number of aromatic nitrogens is 1. The third-order valence-electron chi connectivity index (χ3n) is 4.06. The van der Waals surface area contributed by atoms with Crippen molar-refractivity contribution in [2.45, 2.75) is 33.2 Å². The number of carbonyl (C=O) groups is 2. The Labute approximate surface area is 168 Å². The molecule has 1 aromatic carbocycles. The van der Waals surface area contributed by atoms with Gasteiger partial charge in [0.05, 0.1) is 30.0 Å². The van der Waals surface area contributed by atoms with Crippen LogP contribution in [0.4, 0.5) is 14.5 Å². The van der Waals surface area contributed by atoms with Crippen LogP contribution in [-0.2, 0) is 20.9 Å². The Morgan fingerprint density at radius 1 is 1.21 bits per heavy atom. The Bertz CT molecular complexity index is 1020. The molecule has 0 bridgehead atoms. The van der Waals surface area contributed by atoms with E-state index < -0.39 is 17.6 Å². The summed E-state index contributed by atoms with van der Waals surface area (Å²) in [5, 5.41) is 2.35. The number of fused-ring (bicyclic) bond motifs is 1. The Morgan fingerprint density at radius 2 is 2.00 bits per heavy atom. The molecule has 0 radical (unpaired) electrons. The molecule has 0 saturated carbocycles. The van der Waals surface area contributed by atoms with E-state index in [2.05, 4.69) is 4.98 Å². The molecule has 0 saturated heterocycles. The normalized spacial score (nSPS) is 11.0. The Kier molecular flexibility index (Phi) is 6.35. The minimum absolute atomic E-state index is 0.0119. The van der Waals surface area contributed by atoms with Crippen LogP contribution in [0, 0.1) is 18.6 Å². The number of carbonyl (C=O) groups excluding carboxylic acids is 2. The summed E-state index contributed by atoms with van der Waals surface area (Å²) >= 11 is 2.69. The lowest BCUT2D eigenvalue weighted by atomic mass is 10.2. The molecule has 0 N–H and O–H groups in total. The predicted molar refractivity (Wildman–Crippen MR) is 106 cm³/mol. The topological polar surface area (TPSA) is 59.5 Å². The van der Waals surface area contributed by atoms with Crippen LogP contribution in [0.25, 0.3) is 10.2 Å². The molecule has 3 rings (SSSR count). The summed E-state index contributed by atoms with van der Waals surface area (Å²) < 4.78 is 32.8. The monoisotopic (exact) mass is 424 g/mol. The number of benzene rings is 1. The zero-order valence-corrected chi connectivity index (χ0v) is 17.0. The number of thiophene rings is 1. The molecule has 0 spiro atoms. The molecule has 5 nitrogen and oxygen atoms in total. The average Bonchev–Trinajstić information content (AvgIpc) is 3.27. The highest BCUT2D eigenvalue weighted by atomic mass is 32.1. The Balaban J connectivity index is 1.86. The fourth-order valence-electron chi connectivity index (χ4n) is 2.73. The van der Waals surface area contributed by atoms with E-state index in [-0.39, 0.29) is 37.4 Å². The van der Waals surface area contributed by atoms with Crippen molar-refractivity contribution in [2.75, 3.05) is 11.5 Å². The summed E-state index contributed by atoms with van der Waals surface area (Å²) in [4.78, 5) is 31.0. The molecule has 3 aromatic rings. The summed E-state index contributed by atoms with van der Waals surface area (Å²) in [6.07, 6.45) is -0.0337. The van der Waals surface area contributed by atoms with E-state index in [9.17, 15) is 18.4 Å². The van der Waals surface area contributed by atoms with Gasteiger partial charge in [-0.1, -0.05) is 0 Å². The van der Waals surface area contributed by atoms with Crippen LogP contribution in [0.3, 0.4) is 0 Å². The third kappa shape index (κ3) is 4.36. The van der Waals surface area contributed by atoms with Gasteiger partial charge in [-0.3, -0.25) is 9.59 Å². The SMILES string of the molecule is CCOC(=O)CCC(=O)N(Cc1nc2c(F)c(F)ccc2s1)c1ccsc1C. The smallest absolute Gasteiger partial charge is 0.306 e. The van der Waals surface area contributed by atoms with Crippen molar-refractivity contribution < 1.29 is 23.1 Å². The van der Waals surface area contributed by atoms with Gasteiger partial charge in [0.25, 0.3) is 0 Å². The van der Waals surface area contributed by atoms with Crippen molar-refractivity contribution in [3.8, 4) is 0 Å². The third-order valence-corrected chi connectivity index (χ3v) is 5.90. The molecule has 1 amide bonds. The van der Waals surface area contributed by atoms with E-state index in [1.807, 2.05) is 18.4 Å². The zero-order chi connectivity index (χ0) is 20.3. The first-order chi connectivity index (χ1) is 13.4. The fraction of sp³-hybridized carbons (Fsp3) is 0.316. The number of nitrogens with zero attached hydrogens (tertiary/aromatic N) is 2. The number of ether oxygens (including phenoxy) is 1. The molecule has 148 valence electrons. The van der Waals surface area contributed by atoms with E-state index >= 15 is 0 Å². The van der Waals surface area contributed by atoms with Gasteiger partial charge in [-0.05, 0) is 37.4 Å². The number of halogens is 2. The number of thiazole rings is 1. The maximum atomic E-state index is 14.0. The van der Waals surface area contributed by atoms with Gasteiger partial charge < -0.3 is 9.64 Å². The number of amides is 1. The maximum absolute atomic E-state index is 14.0. The lowest BCUT2D eigenvalue weighted by Crippen LogP contribution is -2.31. The van der Waals surface area contributed by atoms with Crippen molar-refractivity contribution in [3.63, 3.8) is 0 Å². The van der Waals surface area contributed by atoms with E-state index in [1.54, 1.807) is 6.92 Å². The lowest BCUT2D eigenvalue weighted by Gasteiger charge is -2.21. The van der Waals surface area contributed by atoms with Crippen molar-refractivity contribution in [3.05, 3.63) is 45.1 Å². The lowest BCUT2D eigenvalue weighted by molar-refractivity contribution is -0.144. The number of hydrogen-bond donors (Lipinski definition) is 0. The molecule has 2 aromatic heterocycles. The van der Waals surface area contributed by atoms with Gasteiger partial charge in [0, 0.05) is 11.3 Å². The van der Waals surface area contributed by atoms with Gasteiger partial charge in [0.1, 0.15) is 10.5 Å². The zero-order valence-electron chi connectivity index (χ0n) is 15.3. The first kappa shape index (κ1) is 20.3. The van der Waals surface area contributed by atoms with Gasteiger partial charge in [0.2, 0.25) is 5.91 Å². The second-order valence-corrected chi connectivity index (χ2v) is 8.20. The van der Waals surface area contributed by atoms with Gasteiger partial charge >= 0.3 is 5.97 Å². The fourth-order valence-corrected chi connectivity index (χ4v) is 4.38. The van der Waals surface area contributed by atoms with Crippen LogP contribution in [0.2, 0.25) is 0 Å². The van der Waals surface area contributed by atoms with Crippen LogP contribution < -0.4 is 4.90 Å². The van der Waals surface area contributed by atoms with E-state index in [1.165, 1.54) is 33.6 Å². The molecule has 2 heterocycles. The molecule has 28 heavy (non-hydrogen) atoms. The molecular weight excluding hydrogens is 406 g/mol. The van der Waals surface area contributed by atoms with Gasteiger partial charge in [-0.2, -0.15) is 0 Å². The molecule has 0 fully saturated rings. The molecule has 0 aliphatic rings. The van der Waals surface area contributed by atoms with Gasteiger partial charge in [0.15, 0.2) is 11.6 Å². The molecule has 0 aliphatic heterocycles. The van der Waals surface area contributed by atoms with E-state index in [0.29, 0.717) is 15.4 Å².